The second kappa shape index (κ2) is 8.66. The number of aromatic nitrogens is 2. The van der Waals surface area contributed by atoms with Crippen LogP contribution >= 0.6 is 0 Å². The minimum Gasteiger partial charge on any atom is -0.496 e. The number of benzene rings is 1. The molecule has 2 N–H and O–H groups in total. The van der Waals surface area contributed by atoms with Gasteiger partial charge in [0.2, 0.25) is 0 Å². The normalized spacial score (nSPS) is 10.1. The van der Waals surface area contributed by atoms with Gasteiger partial charge in [-0.15, -0.1) is 0 Å². The van der Waals surface area contributed by atoms with Crippen molar-refractivity contribution in [3.05, 3.63) is 72.2 Å². The van der Waals surface area contributed by atoms with Crippen LogP contribution < -0.4 is 20.1 Å². The third-order valence-corrected chi connectivity index (χ3v) is 3.91. The van der Waals surface area contributed by atoms with E-state index in [1.54, 1.807) is 42.9 Å². The minimum atomic E-state index is -0.353. The molecule has 3 aromatic rings. The molecule has 138 valence electrons. The van der Waals surface area contributed by atoms with Gasteiger partial charge in [-0.2, -0.15) is 0 Å². The molecule has 2 heterocycles. The molecule has 0 atom stereocenters. The first-order valence-electron chi connectivity index (χ1n) is 8.32. The number of pyridine rings is 2. The molecule has 27 heavy (non-hydrogen) atoms. The second-order valence-electron chi connectivity index (χ2n) is 5.63. The van der Waals surface area contributed by atoms with Crippen LogP contribution in [-0.4, -0.2) is 30.1 Å². The highest BCUT2D eigenvalue weighted by Gasteiger charge is 2.18. The first-order valence-corrected chi connectivity index (χ1v) is 8.32. The maximum atomic E-state index is 12.6. The number of rotatable bonds is 7. The van der Waals surface area contributed by atoms with Crippen LogP contribution in [0.3, 0.4) is 0 Å². The van der Waals surface area contributed by atoms with Gasteiger partial charge < -0.3 is 20.1 Å². The highest BCUT2D eigenvalue weighted by atomic mass is 16.5. The molecule has 0 aliphatic carbocycles. The van der Waals surface area contributed by atoms with Crippen molar-refractivity contribution in [1.29, 1.82) is 0 Å². The lowest BCUT2D eigenvalue weighted by Gasteiger charge is -2.13. The topological polar surface area (TPSA) is 85.4 Å². The molecule has 2 aromatic heterocycles. The van der Waals surface area contributed by atoms with Crippen LogP contribution in [0.2, 0.25) is 0 Å². The zero-order chi connectivity index (χ0) is 19.1. The quantitative estimate of drug-likeness (QED) is 0.669. The van der Waals surface area contributed by atoms with Gasteiger partial charge in [0.25, 0.3) is 5.91 Å². The Kier molecular flexibility index (Phi) is 5.84. The number of ether oxygens (including phenoxy) is 2. The molecule has 3 rings (SSSR count). The van der Waals surface area contributed by atoms with Crippen LogP contribution in [0.4, 0.5) is 11.5 Å². The summed E-state index contributed by atoms with van der Waals surface area (Å²) < 4.78 is 10.5. The summed E-state index contributed by atoms with van der Waals surface area (Å²) in [5.41, 5.74) is 2.29. The summed E-state index contributed by atoms with van der Waals surface area (Å²) in [6, 6.07) is 12.6. The largest absolute Gasteiger partial charge is 0.496 e. The number of carbonyl (C=O) groups excluding carboxylic acids is 1. The molecule has 7 nitrogen and oxygen atoms in total. The Morgan fingerprint density at radius 2 is 1.70 bits per heavy atom. The predicted octanol–water partition coefficient (Wildman–Crippen LogP) is 3.36. The van der Waals surface area contributed by atoms with Crippen molar-refractivity contribution < 1.29 is 14.3 Å². The average molecular weight is 364 g/mol. The number of amides is 1. The molecule has 0 bridgehead atoms. The summed E-state index contributed by atoms with van der Waals surface area (Å²) in [5.74, 6) is 0.946. The van der Waals surface area contributed by atoms with E-state index in [0.29, 0.717) is 29.4 Å². The lowest BCUT2D eigenvalue weighted by Crippen LogP contribution is -2.15. The van der Waals surface area contributed by atoms with Gasteiger partial charge in [-0.05, 0) is 42.0 Å². The summed E-state index contributed by atoms with van der Waals surface area (Å²) in [6.07, 6.45) is 5.16. The van der Waals surface area contributed by atoms with Crippen molar-refractivity contribution in [2.75, 3.05) is 24.9 Å². The molecule has 0 fully saturated rings. The first kappa shape index (κ1) is 18.2. The summed E-state index contributed by atoms with van der Waals surface area (Å²) in [5, 5.41) is 6.03. The molecule has 7 heteroatoms. The number of hydrogen-bond acceptors (Lipinski definition) is 6. The van der Waals surface area contributed by atoms with Crippen molar-refractivity contribution in [2.24, 2.45) is 0 Å². The van der Waals surface area contributed by atoms with E-state index in [2.05, 4.69) is 20.6 Å². The number of methoxy groups -OCH3 is 2. The van der Waals surface area contributed by atoms with E-state index in [1.807, 2.05) is 18.2 Å². The summed E-state index contributed by atoms with van der Waals surface area (Å²) in [6.45, 7) is 0.661. The smallest absolute Gasteiger partial charge is 0.264 e. The highest BCUT2D eigenvalue weighted by Crippen LogP contribution is 2.28. The average Bonchev–Trinajstić information content (AvgIpc) is 2.73. The molecule has 0 aliphatic heterocycles. The SMILES string of the molecule is COc1cccc(OC)c1C(=O)Nc1ccc(NCc2ccncc2)cn1. The third-order valence-electron chi connectivity index (χ3n) is 3.91. The highest BCUT2D eigenvalue weighted by molar-refractivity contribution is 6.07. The Balaban J connectivity index is 1.67. The van der Waals surface area contributed by atoms with Crippen LogP contribution in [0.5, 0.6) is 11.5 Å². The monoisotopic (exact) mass is 364 g/mol. The van der Waals surface area contributed by atoms with E-state index >= 15 is 0 Å². The van der Waals surface area contributed by atoms with Gasteiger partial charge in [0.15, 0.2) is 0 Å². The molecule has 0 aliphatic rings. The Hall–Kier alpha value is -3.61. The van der Waals surface area contributed by atoms with E-state index in [9.17, 15) is 4.79 Å². The standard InChI is InChI=1S/C20H20N4O3/c1-26-16-4-3-5-17(27-2)19(16)20(25)24-18-7-6-15(13-23-18)22-12-14-8-10-21-11-9-14/h3-11,13,22H,12H2,1-2H3,(H,23,24,25). The lowest BCUT2D eigenvalue weighted by atomic mass is 10.1. The minimum absolute atomic E-state index is 0.323. The predicted molar refractivity (Wildman–Crippen MR) is 103 cm³/mol. The summed E-state index contributed by atoms with van der Waals surface area (Å²) in [7, 11) is 3.01. The fourth-order valence-electron chi connectivity index (χ4n) is 2.53. The van der Waals surface area contributed by atoms with Gasteiger partial charge in [-0.1, -0.05) is 6.07 Å². The van der Waals surface area contributed by atoms with Crippen molar-refractivity contribution >= 4 is 17.4 Å². The number of nitrogens with zero attached hydrogens (tertiary/aromatic N) is 2. The van der Waals surface area contributed by atoms with Crippen molar-refractivity contribution in [3.8, 4) is 11.5 Å². The van der Waals surface area contributed by atoms with Crippen LogP contribution in [-0.2, 0) is 6.54 Å². The van der Waals surface area contributed by atoms with Gasteiger partial charge >= 0.3 is 0 Å². The van der Waals surface area contributed by atoms with Gasteiger partial charge in [0.05, 0.1) is 26.1 Å². The maximum absolute atomic E-state index is 12.6. The Morgan fingerprint density at radius 1 is 1.00 bits per heavy atom. The van der Waals surface area contributed by atoms with Crippen molar-refractivity contribution in [2.45, 2.75) is 6.54 Å². The van der Waals surface area contributed by atoms with Crippen LogP contribution in [0, 0.1) is 0 Å². The Labute approximate surface area is 157 Å². The fourth-order valence-corrected chi connectivity index (χ4v) is 2.53. The van der Waals surface area contributed by atoms with Crippen LogP contribution in [0.1, 0.15) is 15.9 Å². The zero-order valence-corrected chi connectivity index (χ0v) is 15.1. The van der Waals surface area contributed by atoms with E-state index in [0.717, 1.165) is 11.3 Å². The lowest BCUT2D eigenvalue weighted by molar-refractivity contribution is 0.102. The summed E-state index contributed by atoms with van der Waals surface area (Å²) >= 11 is 0. The molecule has 0 saturated heterocycles. The van der Waals surface area contributed by atoms with Crippen LogP contribution in [0.15, 0.2) is 61.1 Å². The maximum Gasteiger partial charge on any atom is 0.264 e. The van der Waals surface area contributed by atoms with Gasteiger partial charge in [-0.3, -0.25) is 9.78 Å². The molecule has 1 amide bonds. The molecule has 0 spiro atoms. The van der Waals surface area contributed by atoms with E-state index < -0.39 is 0 Å². The van der Waals surface area contributed by atoms with Crippen LogP contribution in [0.25, 0.3) is 0 Å². The van der Waals surface area contributed by atoms with Crippen molar-refractivity contribution in [1.82, 2.24) is 9.97 Å². The van der Waals surface area contributed by atoms with E-state index in [-0.39, 0.29) is 5.91 Å². The van der Waals surface area contributed by atoms with Crippen molar-refractivity contribution in [3.63, 3.8) is 0 Å². The van der Waals surface area contributed by atoms with Gasteiger partial charge in [0.1, 0.15) is 22.9 Å². The number of hydrogen-bond donors (Lipinski definition) is 2. The fraction of sp³-hybridized carbons (Fsp3) is 0.150. The Morgan fingerprint density at radius 3 is 2.30 bits per heavy atom. The number of nitrogens with one attached hydrogen (secondary N) is 2. The molecule has 0 unspecified atom stereocenters. The zero-order valence-electron chi connectivity index (χ0n) is 15.1. The number of carbonyl (C=O) groups is 1. The molecular weight excluding hydrogens is 344 g/mol. The molecule has 0 radical (unpaired) electrons. The van der Waals surface area contributed by atoms with E-state index in [4.69, 9.17) is 9.47 Å². The Bertz CT molecular complexity index is 877. The molecule has 1 aromatic carbocycles. The second-order valence-corrected chi connectivity index (χ2v) is 5.63. The van der Waals surface area contributed by atoms with Gasteiger partial charge in [0, 0.05) is 18.9 Å². The third kappa shape index (κ3) is 4.52. The molecular formula is C20H20N4O3. The molecule has 0 saturated carbocycles. The first-order chi connectivity index (χ1) is 13.2. The van der Waals surface area contributed by atoms with Gasteiger partial charge in [-0.25, -0.2) is 4.98 Å². The summed E-state index contributed by atoms with van der Waals surface area (Å²) in [4.78, 5) is 20.9. The van der Waals surface area contributed by atoms with E-state index in [1.165, 1.54) is 14.2 Å². The number of anilines is 2.